The Labute approximate surface area is 213 Å². The Balaban J connectivity index is 1.67. The second-order valence-corrected chi connectivity index (χ2v) is 12.0. The van der Waals surface area contributed by atoms with E-state index in [0.717, 1.165) is 11.1 Å². The zero-order valence-corrected chi connectivity index (χ0v) is 22.1. The highest BCUT2D eigenvalue weighted by atomic mass is 32.2. The third-order valence-corrected chi connectivity index (χ3v) is 8.60. The van der Waals surface area contributed by atoms with Crippen molar-refractivity contribution in [3.8, 4) is 11.1 Å². The number of rotatable bonds is 5. The van der Waals surface area contributed by atoms with Crippen molar-refractivity contribution in [1.29, 1.82) is 0 Å². The van der Waals surface area contributed by atoms with E-state index in [4.69, 9.17) is 9.47 Å². The van der Waals surface area contributed by atoms with Crippen LogP contribution in [0.4, 0.5) is 16.2 Å². The number of hydrogen-bond acceptors (Lipinski definition) is 6. The first-order valence-electron chi connectivity index (χ1n) is 12.4. The van der Waals surface area contributed by atoms with Crippen LogP contribution in [0.15, 0.2) is 47.4 Å². The van der Waals surface area contributed by atoms with Gasteiger partial charge < -0.3 is 14.4 Å². The monoisotopic (exact) mass is 514 g/mol. The number of hydrogen-bond donors (Lipinski definition) is 0. The molecule has 2 aromatic rings. The molecule has 0 radical (unpaired) electrons. The van der Waals surface area contributed by atoms with Crippen LogP contribution in [-0.2, 0) is 24.1 Å². The summed E-state index contributed by atoms with van der Waals surface area (Å²) in [5.74, 6) is 0.0246. The smallest absolute Gasteiger partial charge is 0.414 e. The van der Waals surface area contributed by atoms with E-state index in [9.17, 15) is 18.0 Å². The minimum Gasteiger partial charge on any atom is -0.446 e. The van der Waals surface area contributed by atoms with E-state index < -0.39 is 15.9 Å². The molecule has 0 bridgehead atoms. The van der Waals surface area contributed by atoms with Gasteiger partial charge in [0.05, 0.1) is 41.3 Å². The van der Waals surface area contributed by atoms with E-state index in [1.807, 2.05) is 39.0 Å². The summed E-state index contributed by atoms with van der Waals surface area (Å²) in [7, 11) is -3.35. The lowest BCUT2D eigenvalue weighted by atomic mass is 10.0. The van der Waals surface area contributed by atoms with Gasteiger partial charge in [-0.3, -0.25) is 9.69 Å². The molecule has 8 nitrogen and oxygen atoms in total. The summed E-state index contributed by atoms with van der Waals surface area (Å²) in [5, 5.41) is 0. The van der Waals surface area contributed by atoms with Gasteiger partial charge in [0.15, 0.2) is 9.84 Å². The van der Waals surface area contributed by atoms with Crippen molar-refractivity contribution < 1.29 is 27.5 Å². The van der Waals surface area contributed by atoms with Crippen molar-refractivity contribution in [2.24, 2.45) is 5.92 Å². The molecule has 1 atom stereocenters. The molecule has 2 aromatic carbocycles. The van der Waals surface area contributed by atoms with Crippen LogP contribution in [0.25, 0.3) is 11.1 Å². The Kier molecular flexibility index (Phi) is 7.70. The highest BCUT2D eigenvalue weighted by molar-refractivity contribution is 7.91. The molecule has 194 valence electrons. The summed E-state index contributed by atoms with van der Waals surface area (Å²) in [6, 6.07) is 12.1. The Bertz CT molecular complexity index is 1220. The van der Waals surface area contributed by atoms with E-state index in [1.54, 1.807) is 34.1 Å². The first kappa shape index (κ1) is 26.2. The lowest BCUT2D eigenvalue weighted by Crippen LogP contribution is -2.52. The molecule has 0 saturated carbocycles. The fourth-order valence-corrected chi connectivity index (χ4v) is 6.47. The van der Waals surface area contributed by atoms with Gasteiger partial charge in [0.2, 0.25) is 5.91 Å². The Hall–Kier alpha value is -2.91. The molecule has 1 saturated heterocycles. The molecule has 4 rings (SSSR count). The largest absolute Gasteiger partial charge is 0.446 e. The fourth-order valence-electron chi connectivity index (χ4n) is 4.85. The van der Waals surface area contributed by atoms with Crippen LogP contribution in [0.3, 0.4) is 0 Å². The number of carbonyl (C=O) groups excluding carboxylic acids is 2. The van der Waals surface area contributed by atoms with Crippen LogP contribution in [0, 0.1) is 5.92 Å². The summed E-state index contributed by atoms with van der Waals surface area (Å²) in [4.78, 5) is 29.3. The van der Waals surface area contributed by atoms with Gasteiger partial charge >= 0.3 is 6.09 Å². The molecule has 2 aliphatic rings. The predicted octanol–water partition coefficient (Wildman–Crippen LogP) is 4.66. The number of ether oxygens (including phenoxy) is 2. The maximum Gasteiger partial charge on any atom is 0.414 e. The van der Waals surface area contributed by atoms with Crippen LogP contribution in [0.2, 0.25) is 0 Å². The van der Waals surface area contributed by atoms with Gasteiger partial charge in [-0.25, -0.2) is 13.2 Å². The molecule has 2 amide bonds. The number of fused-ring (bicyclic) bond motifs is 1. The molecule has 0 unspecified atom stereocenters. The zero-order valence-electron chi connectivity index (χ0n) is 21.3. The van der Waals surface area contributed by atoms with Gasteiger partial charge in [-0.05, 0) is 48.2 Å². The molecule has 1 fully saturated rings. The molecule has 0 aromatic heterocycles. The molecule has 2 aliphatic heterocycles. The number of anilines is 2. The van der Waals surface area contributed by atoms with E-state index in [2.05, 4.69) is 0 Å². The second-order valence-electron chi connectivity index (χ2n) is 9.95. The number of nitrogens with zero attached hydrogens (tertiary/aromatic N) is 2. The van der Waals surface area contributed by atoms with E-state index in [0.29, 0.717) is 44.0 Å². The number of sulfone groups is 1. The second kappa shape index (κ2) is 10.6. The lowest BCUT2D eigenvalue weighted by Gasteiger charge is -2.41. The molecule has 36 heavy (non-hydrogen) atoms. The van der Waals surface area contributed by atoms with Crippen molar-refractivity contribution in [1.82, 2.24) is 0 Å². The standard InChI is InChI=1S/C27H34N2O6S/c1-18(2)17-36(32,33)24-8-5-21(6-9-24)22-7-10-25-26(15-22)28(16-19(3)29(25)20(4)30)27(31)35-23-11-13-34-14-12-23/h5-10,15,18-19,23H,11-14,16-17H2,1-4H3/t19-/m0/s1. The summed E-state index contributed by atoms with van der Waals surface area (Å²) in [5.41, 5.74) is 2.86. The Morgan fingerprint density at radius 2 is 1.67 bits per heavy atom. The van der Waals surface area contributed by atoms with Gasteiger partial charge in [0.25, 0.3) is 0 Å². The maximum absolute atomic E-state index is 13.2. The van der Waals surface area contributed by atoms with Crippen molar-refractivity contribution in [2.45, 2.75) is 57.6 Å². The Morgan fingerprint density at radius 3 is 2.28 bits per heavy atom. The van der Waals surface area contributed by atoms with E-state index in [-0.39, 0.29) is 34.6 Å². The molecular formula is C27H34N2O6S. The first-order valence-corrected chi connectivity index (χ1v) is 14.0. The van der Waals surface area contributed by atoms with Gasteiger partial charge in [-0.15, -0.1) is 0 Å². The van der Waals surface area contributed by atoms with Crippen molar-refractivity contribution >= 4 is 33.2 Å². The highest BCUT2D eigenvalue weighted by Crippen LogP contribution is 2.39. The summed E-state index contributed by atoms with van der Waals surface area (Å²) in [6.45, 7) is 8.62. The van der Waals surface area contributed by atoms with E-state index >= 15 is 0 Å². The minimum absolute atomic E-state index is 0.0359. The minimum atomic E-state index is -3.35. The average Bonchev–Trinajstić information content (AvgIpc) is 2.83. The van der Waals surface area contributed by atoms with Crippen molar-refractivity contribution in [2.75, 3.05) is 35.3 Å². The molecule has 0 N–H and O–H groups in total. The summed E-state index contributed by atoms with van der Waals surface area (Å²) in [6.07, 6.45) is 0.686. The average molecular weight is 515 g/mol. The van der Waals surface area contributed by atoms with Gasteiger partial charge in [0, 0.05) is 26.3 Å². The topological polar surface area (TPSA) is 93.2 Å². The Morgan fingerprint density at radius 1 is 1.03 bits per heavy atom. The van der Waals surface area contributed by atoms with Crippen LogP contribution in [0.5, 0.6) is 0 Å². The number of benzene rings is 2. The van der Waals surface area contributed by atoms with Gasteiger partial charge in [0.1, 0.15) is 6.10 Å². The molecular weight excluding hydrogens is 480 g/mol. The molecule has 0 spiro atoms. The maximum atomic E-state index is 13.2. The zero-order chi connectivity index (χ0) is 26.0. The van der Waals surface area contributed by atoms with Crippen molar-refractivity contribution in [3.63, 3.8) is 0 Å². The van der Waals surface area contributed by atoms with Crippen LogP contribution in [0.1, 0.15) is 40.5 Å². The first-order chi connectivity index (χ1) is 17.1. The SMILES string of the molecule is CC(=O)N1c2ccc(-c3ccc(S(=O)(=O)CC(C)C)cc3)cc2N(C(=O)OC2CCOCC2)C[C@@H]1C. The quantitative estimate of drug-likeness (QED) is 0.576. The number of amides is 2. The lowest BCUT2D eigenvalue weighted by molar-refractivity contribution is -0.117. The highest BCUT2D eigenvalue weighted by Gasteiger charge is 2.35. The summed E-state index contributed by atoms with van der Waals surface area (Å²) >= 11 is 0. The molecule has 9 heteroatoms. The van der Waals surface area contributed by atoms with Crippen LogP contribution >= 0.6 is 0 Å². The molecule has 0 aliphatic carbocycles. The third-order valence-electron chi connectivity index (χ3n) is 6.51. The van der Waals surface area contributed by atoms with Crippen LogP contribution in [-0.4, -0.2) is 58.1 Å². The van der Waals surface area contributed by atoms with Crippen LogP contribution < -0.4 is 9.80 Å². The van der Waals surface area contributed by atoms with E-state index in [1.165, 1.54) is 6.92 Å². The predicted molar refractivity (Wildman–Crippen MR) is 139 cm³/mol. The summed E-state index contributed by atoms with van der Waals surface area (Å²) < 4.78 is 36.3. The number of carbonyl (C=O) groups is 2. The third kappa shape index (κ3) is 5.57. The molecule has 2 heterocycles. The van der Waals surface area contributed by atoms with Gasteiger partial charge in [-0.2, -0.15) is 0 Å². The van der Waals surface area contributed by atoms with Gasteiger partial charge in [-0.1, -0.05) is 32.0 Å². The van der Waals surface area contributed by atoms with Crippen molar-refractivity contribution in [3.05, 3.63) is 42.5 Å². The fraction of sp³-hybridized carbons (Fsp3) is 0.481. The normalized spacial score (nSPS) is 18.8.